The molecule has 0 spiro atoms. The summed E-state index contributed by atoms with van der Waals surface area (Å²) >= 11 is 0. The molecule has 0 radical (unpaired) electrons. The van der Waals surface area contributed by atoms with Crippen LogP contribution < -0.4 is 24.4 Å². The van der Waals surface area contributed by atoms with Crippen molar-refractivity contribution in [2.75, 3.05) is 38.8 Å². The highest BCUT2D eigenvalue weighted by molar-refractivity contribution is 5.79. The van der Waals surface area contributed by atoms with Gasteiger partial charge < -0.3 is 24.4 Å². The van der Waals surface area contributed by atoms with Crippen molar-refractivity contribution >= 4 is 11.7 Å². The van der Waals surface area contributed by atoms with Crippen molar-refractivity contribution in [3.63, 3.8) is 0 Å². The first-order chi connectivity index (χ1) is 17.6. The zero-order valence-corrected chi connectivity index (χ0v) is 21.2. The lowest BCUT2D eigenvalue weighted by Crippen LogP contribution is -2.41. The SMILES string of the molecule is CCc1ccc(Oc2cc(N3CCC(C(=O)NCCc4ccc(OC)c(OC)c4)CC3)ncn2)cc1. The highest BCUT2D eigenvalue weighted by atomic mass is 16.5. The number of rotatable bonds is 10. The molecule has 8 nitrogen and oxygen atoms in total. The van der Waals surface area contributed by atoms with Gasteiger partial charge in [0.2, 0.25) is 11.8 Å². The van der Waals surface area contributed by atoms with E-state index in [4.69, 9.17) is 14.2 Å². The Morgan fingerprint density at radius 3 is 2.39 bits per heavy atom. The predicted molar refractivity (Wildman–Crippen MR) is 139 cm³/mol. The quantitative estimate of drug-likeness (QED) is 0.450. The number of ether oxygens (including phenoxy) is 3. The molecule has 0 aliphatic carbocycles. The number of nitrogens with one attached hydrogen (secondary N) is 1. The van der Waals surface area contributed by atoms with E-state index in [0.717, 1.165) is 55.9 Å². The molecule has 3 aromatic rings. The van der Waals surface area contributed by atoms with Crippen LogP contribution in [0.25, 0.3) is 0 Å². The summed E-state index contributed by atoms with van der Waals surface area (Å²) in [4.78, 5) is 23.6. The molecule has 0 bridgehead atoms. The summed E-state index contributed by atoms with van der Waals surface area (Å²) in [5.74, 6) is 3.59. The van der Waals surface area contributed by atoms with E-state index >= 15 is 0 Å². The van der Waals surface area contributed by atoms with E-state index in [1.165, 1.54) is 11.9 Å². The van der Waals surface area contributed by atoms with Gasteiger partial charge in [0.1, 0.15) is 17.9 Å². The molecule has 190 valence electrons. The van der Waals surface area contributed by atoms with E-state index in [1.807, 2.05) is 36.4 Å². The molecule has 1 aromatic heterocycles. The van der Waals surface area contributed by atoms with Crippen LogP contribution in [0.3, 0.4) is 0 Å². The molecule has 0 unspecified atom stereocenters. The number of hydrogen-bond acceptors (Lipinski definition) is 7. The molecular weight excluding hydrogens is 456 g/mol. The van der Waals surface area contributed by atoms with Gasteiger partial charge in [-0.05, 0) is 61.1 Å². The fourth-order valence-corrected chi connectivity index (χ4v) is 4.35. The van der Waals surface area contributed by atoms with Gasteiger partial charge in [0.05, 0.1) is 14.2 Å². The molecule has 2 aromatic carbocycles. The topological polar surface area (TPSA) is 85.8 Å². The van der Waals surface area contributed by atoms with E-state index in [0.29, 0.717) is 23.9 Å². The van der Waals surface area contributed by atoms with E-state index in [1.54, 1.807) is 14.2 Å². The van der Waals surface area contributed by atoms with Crippen LogP contribution in [-0.2, 0) is 17.6 Å². The van der Waals surface area contributed by atoms with Gasteiger partial charge >= 0.3 is 0 Å². The smallest absolute Gasteiger partial charge is 0.224 e. The lowest BCUT2D eigenvalue weighted by Gasteiger charge is -2.32. The summed E-state index contributed by atoms with van der Waals surface area (Å²) in [5.41, 5.74) is 2.35. The first kappa shape index (κ1) is 25.3. The van der Waals surface area contributed by atoms with Gasteiger partial charge in [-0.3, -0.25) is 4.79 Å². The summed E-state index contributed by atoms with van der Waals surface area (Å²) in [6.07, 6.45) is 4.80. The number of benzene rings is 2. The Labute approximate surface area is 212 Å². The van der Waals surface area contributed by atoms with Crippen molar-refractivity contribution in [2.24, 2.45) is 5.92 Å². The summed E-state index contributed by atoms with van der Waals surface area (Å²) < 4.78 is 16.6. The van der Waals surface area contributed by atoms with Crippen molar-refractivity contribution in [3.8, 4) is 23.1 Å². The van der Waals surface area contributed by atoms with Crippen LogP contribution in [0, 0.1) is 5.92 Å². The minimum Gasteiger partial charge on any atom is -0.493 e. The van der Waals surface area contributed by atoms with Crippen molar-refractivity contribution in [3.05, 3.63) is 66.0 Å². The monoisotopic (exact) mass is 490 g/mol. The molecule has 1 saturated heterocycles. The summed E-state index contributed by atoms with van der Waals surface area (Å²) in [5, 5.41) is 3.09. The van der Waals surface area contributed by atoms with Gasteiger partial charge in [0.15, 0.2) is 11.5 Å². The van der Waals surface area contributed by atoms with E-state index in [9.17, 15) is 4.79 Å². The average molecular weight is 491 g/mol. The molecule has 1 aliphatic rings. The summed E-state index contributed by atoms with van der Waals surface area (Å²) in [6.45, 7) is 4.23. The first-order valence-electron chi connectivity index (χ1n) is 12.4. The molecule has 1 N–H and O–H groups in total. The Morgan fingerprint density at radius 1 is 0.972 bits per heavy atom. The largest absolute Gasteiger partial charge is 0.493 e. The van der Waals surface area contributed by atoms with Crippen LogP contribution in [0.5, 0.6) is 23.1 Å². The molecular formula is C28H34N4O4. The molecule has 1 amide bonds. The van der Waals surface area contributed by atoms with Crippen LogP contribution in [0.1, 0.15) is 30.9 Å². The van der Waals surface area contributed by atoms with Crippen LogP contribution in [0.2, 0.25) is 0 Å². The first-order valence-corrected chi connectivity index (χ1v) is 12.4. The number of hydrogen-bond donors (Lipinski definition) is 1. The average Bonchev–Trinajstić information content (AvgIpc) is 2.93. The van der Waals surface area contributed by atoms with Gasteiger partial charge in [0, 0.05) is 31.6 Å². The zero-order chi connectivity index (χ0) is 25.3. The van der Waals surface area contributed by atoms with Crippen molar-refractivity contribution in [1.29, 1.82) is 0 Å². The standard InChI is InChI=1S/C28H34N4O4/c1-4-20-5-8-23(9-6-20)36-27-18-26(30-19-31-27)32-15-12-22(13-16-32)28(33)29-14-11-21-7-10-24(34-2)25(17-21)35-3/h5-10,17-19,22H,4,11-16H2,1-3H3,(H,29,33). The highest BCUT2D eigenvalue weighted by Gasteiger charge is 2.25. The Morgan fingerprint density at radius 2 is 1.69 bits per heavy atom. The number of nitrogens with zero attached hydrogens (tertiary/aromatic N) is 3. The second kappa shape index (κ2) is 12.2. The number of piperidine rings is 1. The summed E-state index contributed by atoms with van der Waals surface area (Å²) in [7, 11) is 3.24. The zero-order valence-electron chi connectivity index (χ0n) is 21.2. The number of carbonyl (C=O) groups excluding carboxylic acids is 1. The maximum atomic E-state index is 12.7. The second-order valence-corrected chi connectivity index (χ2v) is 8.81. The lowest BCUT2D eigenvalue weighted by atomic mass is 9.96. The third-order valence-corrected chi connectivity index (χ3v) is 6.53. The molecule has 36 heavy (non-hydrogen) atoms. The molecule has 1 fully saturated rings. The van der Waals surface area contributed by atoms with Crippen molar-refractivity contribution in [2.45, 2.75) is 32.6 Å². The molecule has 1 aliphatic heterocycles. The van der Waals surface area contributed by atoms with Crippen molar-refractivity contribution < 1.29 is 19.0 Å². The Balaban J connectivity index is 1.24. The van der Waals surface area contributed by atoms with Gasteiger partial charge in [-0.15, -0.1) is 0 Å². The third kappa shape index (κ3) is 6.44. The number of aryl methyl sites for hydroxylation is 1. The predicted octanol–water partition coefficient (Wildman–Crippen LogP) is 4.42. The normalized spacial score (nSPS) is 13.8. The molecule has 2 heterocycles. The minimum atomic E-state index is 0.00120. The number of anilines is 1. The van der Waals surface area contributed by atoms with E-state index < -0.39 is 0 Å². The summed E-state index contributed by atoms with van der Waals surface area (Å²) in [6, 6.07) is 15.7. The van der Waals surface area contributed by atoms with Crippen molar-refractivity contribution in [1.82, 2.24) is 15.3 Å². The van der Waals surface area contributed by atoms with Crippen LogP contribution >= 0.6 is 0 Å². The lowest BCUT2D eigenvalue weighted by molar-refractivity contribution is -0.125. The van der Waals surface area contributed by atoms with Crippen LogP contribution in [0.4, 0.5) is 5.82 Å². The van der Waals surface area contributed by atoms with Crippen LogP contribution in [0.15, 0.2) is 54.9 Å². The second-order valence-electron chi connectivity index (χ2n) is 8.81. The van der Waals surface area contributed by atoms with E-state index in [-0.39, 0.29) is 11.8 Å². The maximum Gasteiger partial charge on any atom is 0.224 e. The molecule has 4 rings (SSSR count). The van der Waals surface area contributed by atoms with E-state index in [2.05, 4.69) is 39.2 Å². The molecule has 0 saturated carbocycles. The minimum absolute atomic E-state index is 0.00120. The number of amides is 1. The maximum absolute atomic E-state index is 12.7. The van der Waals surface area contributed by atoms with Gasteiger partial charge in [-0.2, -0.15) is 0 Å². The number of methoxy groups -OCH3 is 2. The third-order valence-electron chi connectivity index (χ3n) is 6.53. The van der Waals surface area contributed by atoms with Gasteiger partial charge in [0.25, 0.3) is 0 Å². The Bertz CT molecular complexity index is 1140. The highest BCUT2D eigenvalue weighted by Crippen LogP contribution is 2.28. The van der Waals surface area contributed by atoms with Gasteiger partial charge in [-0.1, -0.05) is 25.1 Å². The number of carbonyl (C=O) groups is 1. The Kier molecular flexibility index (Phi) is 8.60. The van der Waals surface area contributed by atoms with Crippen LogP contribution in [-0.4, -0.2) is 49.7 Å². The Hall–Kier alpha value is -3.81. The fourth-order valence-electron chi connectivity index (χ4n) is 4.35. The molecule has 0 atom stereocenters. The number of aromatic nitrogens is 2. The fraction of sp³-hybridized carbons (Fsp3) is 0.393. The molecule has 8 heteroatoms. The van der Waals surface area contributed by atoms with Gasteiger partial charge in [-0.25, -0.2) is 9.97 Å².